The summed E-state index contributed by atoms with van der Waals surface area (Å²) in [5.74, 6) is -0.711. The highest BCUT2D eigenvalue weighted by atomic mass is 16.5. The molecule has 0 saturated carbocycles. The normalized spacial score (nSPS) is 12.8. The largest absolute Gasteiger partial charge is 0.462 e. The number of fused-ring (bicyclic) bond motifs is 1. The number of anilines is 1. The third kappa shape index (κ3) is 5.06. The fourth-order valence-corrected chi connectivity index (χ4v) is 3.44. The molecule has 0 spiro atoms. The van der Waals surface area contributed by atoms with Crippen molar-refractivity contribution >= 4 is 23.3 Å². The van der Waals surface area contributed by atoms with Gasteiger partial charge in [0.1, 0.15) is 0 Å². The molecule has 1 aliphatic rings. The van der Waals surface area contributed by atoms with Crippen molar-refractivity contribution in [2.24, 2.45) is 0 Å². The van der Waals surface area contributed by atoms with Crippen LogP contribution in [0, 0.1) is 0 Å². The molecule has 0 aromatic heterocycles. The Morgan fingerprint density at radius 2 is 1.71 bits per heavy atom. The second kappa shape index (κ2) is 9.31. The molecule has 0 fully saturated rings. The van der Waals surface area contributed by atoms with E-state index >= 15 is 0 Å². The van der Waals surface area contributed by atoms with Gasteiger partial charge in [-0.25, -0.2) is 4.79 Å². The summed E-state index contributed by atoms with van der Waals surface area (Å²) >= 11 is 0. The van der Waals surface area contributed by atoms with E-state index < -0.39 is 5.97 Å². The molecule has 1 N–H and O–H groups in total. The van der Waals surface area contributed by atoms with E-state index in [4.69, 9.17) is 4.74 Å². The molecule has 2 aromatic rings. The maximum Gasteiger partial charge on any atom is 0.338 e. The summed E-state index contributed by atoms with van der Waals surface area (Å²) in [7, 11) is 0. The van der Waals surface area contributed by atoms with E-state index in [-0.39, 0.29) is 24.5 Å². The van der Waals surface area contributed by atoms with Crippen LogP contribution in [0.2, 0.25) is 0 Å². The number of esters is 1. The number of carbonyl (C=O) groups is 3. The molecule has 0 atom stereocenters. The first kappa shape index (κ1) is 19.8. The van der Waals surface area contributed by atoms with Crippen LogP contribution >= 0.6 is 0 Å². The van der Waals surface area contributed by atoms with Gasteiger partial charge in [-0.05, 0) is 68.0 Å². The van der Waals surface area contributed by atoms with E-state index in [0.29, 0.717) is 23.4 Å². The van der Waals surface area contributed by atoms with Crippen LogP contribution in [0.3, 0.4) is 0 Å². The van der Waals surface area contributed by atoms with Gasteiger partial charge in [0, 0.05) is 24.1 Å². The highest BCUT2D eigenvalue weighted by Gasteiger charge is 2.14. The SMILES string of the molecule is CCOC(=O)c1cccc(NC(=O)CCC(=O)c2ccc3c(c2)CCCC3)c1. The van der Waals surface area contributed by atoms with Crippen molar-refractivity contribution in [1.29, 1.82) is 0 Å². The Kier molecular flexibility index (Phi) is 6.58. The second-order valence-electron chi connectivity index (χ2n) is 6.96. The van der Waals surface area contributed by atoms with Gasteiger partial charge in [-0.1, -0.05) is 18.2 Å². The lowest BCUT2D eigenvalue weighted by atomic mass is 9.89. The van der Waals surface area contributed by atoms with E-state index in [1.165, 1.54) is 17.5 Å². The molecule has 3 rings (SSSR count). The Morgan fingerprint density at radius 1 is 0.929 bits per heavy atom. The third-order valence-electron chi connectivity index (χ3n) is 4.91. The third-order valence-corrected chi connectivity index (χ3v) is 4.91. The minimum absolute atomic E-state index is 0.0243. The molecule has 146 valence electrons. The van der Waals surface area contributed by atoms with Crippen LogP contribution in [0.4, 0.5) is 5.69 Å². The van der Waals surface area contributed by atoms with Gasteiger partial charge in [-0.15, -0.1) is 0 Å². The van der Waals surface area contributed by atoms with Crippen LogP contribution < -0.4 is 5.32 Å². The summed E-state index contributed by atoms with van der Waals surface area (Å²) in [6.07, 6.45) is 4.72. The fraction of sp³-hybridized carbons (Fsp3) is 0.348. The Balaban J connectivity index is 1.55. The summed E-state index contributed by atoms with van der Waals surface area (Å²) in [4.78, 5) is 36.4. The van der Waals surface area contributed by atoms with Gasteiger partial charge < -0.3 is 10.1 Å². The summed E-state index contributed by atoms with van der Waals surface area (Å²) in [5.41, 5.74) is 4.17. The number of amides is 1. The Hall–Kier alpha value is -2.95. The molecule has 0 bridgehead atoms. The van der Waals surface area contributed by atoms with Crippen molar-refractivity contribution in [1.82, 2.24) is 0 Å². The van der Waals surface area contributed by atoms with Crippen molar-refractivity contribution in [3.8, 4) is 0 Å². The maximum absolute atomic E-state index is 12.5. The van der Waals surface area contributed by atoms with E-state index in [2.05, 4.69) is 5.32 Å². The van der Waals surface area contributed by atoms with Gasteiger partial charge in [0.05, 0.1) is 12.2 Å². The van der Waals surface area contributed by atoms with Gasteiger partial charge in [0.25, 0.3) is 0 Å². The molecule has 5 nitrogen and oxygen atoms in total. The topological polar surface area (TPSA) is 72.5 Å². The summed E-state index contributed by atoms with van der Waals surface area (Å²) in [6, 6.07) is 12.5. The average Bonchev–Trinajstić information content (AvgIpc) is 2.72. The lowest BCUT2D eigenvalue weighted by molar-refractivity contribution is -0.116. The molecular weight excluding hydrogens is 354 g/mol. The van der Waals surface area contributed by atoms with Crippen LogP contribution in [0.25, 0.3) is 0 Å². The zero-order chi connectivity index (χ0) is 19.9. The quantitative estimate of drug-likeness (QED) is 0.574. The molecule has 5 heteroatoms. The van der Waals surface area contributed by atoms with E-state index in [1.807, 2.05) is 18.2 Å². The first-order valence-electron chi connectivity index (χ1n) is 9.79. The van der Waals surface area contributed by atoms with Crippen molar-refractivity contribution < 1.29 is 19.1 Å². The highest BCUT2D eigenvalue weighted by Crippen LogP contribution is 2.23. The molecule has 1 amide bonds. The number of carbonyl (C=O) groups excluding carboxylic acids is 3. The number of Topliss-reactive ketones (excluding diaryl/α,β-unsaturated/α-hetero) is 1. The molecule has 0 aliphatic heterocycles. The molecule has 2 aromatic carbocycles. The molecule has 0 radical (unpaired) electrons. The van der Waals surface area contributed by atoms with Gasteiger partial charge in [-0.3, -0.25) is 9.59 Å². The molecule has 1 aliphatic carbocycles. The fourth-order valence-electron chi connectivity index (χ4n) is 3.44. The van der Waals surface area contributed by atoms with Gasteiger partial charge in [0.15, 0.2) is 5.78 Å². The lowest BCUT2D eigenvalue weighted by Crippen LogP contribution is -2.14. The van der Waals surface area contributed by atoms with E-state index in [9.17, 15) is 14.4 Å². The van der Waals surface area contributed by atoms with Gasteiger partial charge in [-0.2, -0.15) is 0 Å². The van der Waals surface area contributed by atoms with Gasteiger partial charge in [0.2, 0.25) is 5.91 Å². The number of benzene rings is 2. The first-order valence-corrected chi connectivity index (χ1v) is 9.79. The van der Waals surface area contributed by atoms with E-state index in [1.54, 1.807) is 31.2 Å². The van der Waals surface area contributed by atoms with Crippen molar-refractivity contribution in [3.63, 3.8) is 0 Å². The number of ether oxygens (including phenoxy) is 1. The predicted octanol–water partition coefficient (Wildman–Crippen LogP) is 4.34. The standard InChI is InChI=1S/C23H25NO4/c1-2-28-23(27)19-8-5-9-20(15-19)24-22(26)13-12-21(25)18-11-10-16-6-3-4-7-17(16)14-18/h5,8-11,14-15H,2-4,6-7,12-13H2,1H3,(H,24,26). The lowest BCUT2D eigenvalue weighted by Gasteiger charge is -2.16. The predicted molar refractivity (Wildman–Crippen MR) is 108 cm³/mol. The molecular formula is C23H25NO4. The summed E-state index contributed by atoms with van der Waals surface area (Å²) in [5, 5.41) is 2.74. The van der Waals surface area contributed by atoms with Crippen LogP contribution in [-0.2, 0) is 22.4 Å². The van der Waals surface area contributed by atoms with Gasteiger partial charge >= 0.3 is 5.97 Å². The van der Waals surface area contributed by atoms with Crippen LogP contribution in [0.15, 0.2) is 42.5 Å². The average molecular weight is 379 g/mol. The minimum atomic E-state index is -0.429. The van der Waals surface area contributed by atoms with Crippen LogP contribution in [0.1, 0.15) is 64.4 Å². The molecule has 0 saturated heterocycles. The number of aryl methyl sites for hydroxylation is 2. The van der Waals surface area contributed by atoms with Crippen molar-refractivity contribution in [3.05, 3.63) is 64.7 Å². The van der Waals surface area contributed by atoms with Crippen LogP contribution in [0.5, 0.6) is 0 Å². The number of ketones is 1. The highest BCUT2D eigenvalue weighted by molar-refractivity contribution is 6.00. The zero-order valence-electron chi connectivity index (χ0n) is 16.1. The Morgan fingerprint density at radius 3 is 2.50 bits per heavy atom. The number of rotatable bonds is 7. The van der Waals surface area contributed by atoms with Crippen molar-refractivity contribution in [2.75, 3.05) is 11.9 Å². The van der Waals surface area contributed by atoms with E-state index in [0.717, 1.165) is 19.3 Å². The molecule has 28 heavy (non-hydrogen) atoms. The molecule has 0 unspecified atom stereocenters. The monoisotopic (exact) mass is 379 g/mol. The summed E-state index contributed by atoms with van der Waals surface area (Å²) < 4.78 is 4.96. The minimum Gasteiger partial charge on any atom is -0.462 e. The maximum atomic E-state index is 12.5. The number of hydrogen-bond donors (Lipinski definition) is 1. The Bertz CT molecular complexity index is 888. The smallest absolute Gasteiger partial charge is 0.338 e. The second-order valence-corrected chi connectivity index (χ2v) is 6.96. The zero-order valence-corrected chi connectivity index (χ0v) is 16.1. The molecule has 0 heterocycles. The first-order chi connectivity index (χ1) is 13.6. The van der Waals surface area contributed by atoms with Crippen LogP contribution in [-0.4, -0.2) is 24.3 Å². The summed E-state index contributed by atoms with van der Waals surface area (Å²) in [6.45, 7) is 2.03. The number of nitrogens with one attached hydrogen (secondary N) is 1. The Labute approximate surface area is 165 Å². The number of hydrogen-bond acceptors (Lipinski definition) is 4. The van der Waals surface area contributed by atoms with Crippen molar-refractivity contribution in [2.45, 2.75) is 45.4 Å².